The molecule has 152 valence electrons. The molecule has 0 heterocycles. The number of halogens is 2. The monoisotopic (exact) mass is 409 g/mol. The topological polar surface area (TPSA) is 39.7 Å². The Hall–Kier alpha value is -2.41. The minimum atomic E-state index is -2.62. The minimum absolute atomic E-state index is 0.0372. The second kappa shape index (κ2) is 10.2. The van der Waals surface area contributed by atoms with Crippen LogP contribution in [-0.4, -0.2) is 18.9 Å². The molecule has 2 rings (SSSR count). The fraction of sp³-hybridized carbons (Fsp3) is 0.381. The van der Waals surface area contributed by atoms with E-state index >= 15 is 0 Å². The molecule has 0 unspecified atom stereocenters. The Balaban J connectivity index is 2.37. The van der Waals surface area contributed by atoms with Crippen LogP contribution >= 0.6 is 12.2 Å². The summed E-state index contributed by atoms with van der Waals surface area (Å²) in [6.45, 7) is 6.19. The summed E-state index contributed by atoms with van der Waals surface area (Å²) in [7, 11) is 1.46. The molecule has 0 aliphatic rings. The van der Waals surface area contributed by atoms with Gasteiger partial charge in [-0.3, -0.25) is 0 Å². The number of methoxy groups -OCH3 is 1. The molecule has 2 aromatic carbocycles. The first-order valence-electron chi connectivity index (χ1n) is 9.05. The van der Waals surface area contributed by atoms with Gasteiger partial charge >= 0.3 is 0 Å². The van der Waals surface area contributed by atoms with Gasteiger partial charge in [-0.2, -0.15) is 0 Å². The fourth-order valence-corrected chi connectivity index (χ4v) is 2.97. The van der Waals surface area contributed by atoms with Gasteiger partial charge in [0.2, 0.25) is 0 Å². The van der Waals surface area contributed by atoms with Crippen LogP contribution < -0.4 is 14.8 Å². The Morgan fingerprint density at radius 2 is 1.89 bits per heavy atom. The molecule has 0 spiro atoms. The number of hydrogen-bond acceptors (Lipinski definition) is 4. The highest BCUT2D eigenvalue weighted by Gasteiger charge is 2.18. The average molecular weight is 409 g/mol. The van der Waals surface area contributed by atoms with E-state index in [0.29, 0.717) is 30.0 Å². The van der Waals surface area contributed by atoms with Gasteiger partial charge in [-0.1, -0.05) is 13.0 Å². The summed E-state index contributed by atoms with van der Waals surface area (Å²) in [5, 5.41) is 3.15. The van der Waals surface area contributed by atoms with Gasteiger partial charge < -0.3 is 19.5 Å². The molecule has 0 saturated heterocycles. The van der Waals surface area contributed by atoms with E-state index in [1.807, 2.05) is 20.8 Å². The smallest absolute Gasteiger partial charge is 0.267 e. The van der Waals surface area contributed by atoms with Crippen LogP contribution in [-0.2, 0) is 17.8 Å². The van der Waals surface area contributed by atoms with Crippen LogP contribution in [0.15, 0.2) is 30.3 Å². The Morgan fingerprint density at radius 1 is 1.14 bits per heavy atom. The maximum absolute atomic E-state index is 13.5. The number of ether oxygens (including phenoxy) is 3. The first kappa shape index (κ1) is 21.9. The molecule has 0 aromatic heterocycles. The normalized spacial score (nSPS) is 10.7. The molecule has 0 aliphatic heterocycles. The highest BCUT2D eigenvalue weighted by molar-refractivity contribution is 7.80. The Bertz CT molecular complexity index is 828. The predicted molar refractivity (Wildman–Crippen MR) is 111 cm³/mol. The molecule has 0 saturated carbocycles. The molecule has 4 nitrogen and oxygen atoms in total. The Kier molecular flexibility index (Phi) is 7.99. The van der Waals surface area contributed by atoms with Crippen LogP contribution in [0.2, 0.25) is 0 Å². The zero-order valence-electron chi connectivity index (χ0n) is 16.5. The molecular weight excluding hydrogens is 384 g/mol. The first-order chi connectivity index (χ1) is 13.4. The predicted octanol–water partition coefficient (Wildman–Crippen LogP) is 5.82. The van der Waals surface area contributed by atoms with Crippen LogP contribution in [0.3, 0.4) is 0 Å². The summed E-state index contributed by atoms with van der Waals surface area (Å²) in [6.07, 6.45) is -1.94. The number of hydrogen-bond donors (Lipinski definition) is 1. The number of nitrogens with one attached hydrogen (secondary N) is 1. The standard InChI is InChI=1S/C21H25F2NO3S/c1-5-14-11-15(20(22)23)19(10-13(14)3)27-12-16-17(24-21(28)25-4)8-7-9-18(16)26-6-2/h7-11,20H,5-6,12H2,1-4H3,(H,24,28). The number of anilines is 1. The fourth-order valence-electron chi connectivity index (χ4n) is 2.86. The highest BCUT2D eigenvalue weighted by Crippen LogP contribution is 2.34. The summed E-state index contributed by atoms with van der Waals surface area (Å²) in [5.41, 5.74) is 2.99. The van der Waals surface area contributed by atoms with Crippen LogP contribution in [0.5, 0.6) is 11.5 Å². The van der Waals surface area contributed by atoms with Gasteiger partial charge in [0.25, 0.3) is 11.6 Å². The van der Waals surface area contributed by atoms with Gasteiger partial charge in [-0.15, -0.1) is 0 Å². The van der Waals surface area contributed by atoms with Crippen LogP contribution in [0.1, 0.15) is 42.5 Å². The second-order valence-corrected chi connectivity index (χ2v) is 6.46. The average Bonchev–Trinajstić information content (AvgIpc) is 2.67. The van der Waals surface area contributed by atoms with Crippen molar-refractivity contribution >= 4 is 23.1 Å². The molecule has 0 atom stereocenters. The third-order valence-corrected chi connectivity index (χ3v) is 4.58. The van der Waals surface area contributed by atoms with E-state index in [0.717, 1.165) is 11.1 Å². The van der Waals surface area contributed by atoms with Crippen molar-refractivity contribution in [2.24, 2.45) is 0 Å². The van der Waals surface area contributed by atoms with E-state index in [1.165, 1.54) is 13.2 Å². The van der Waals surface area contributed by atoms with Crippen LogP contribution in [0.25, 0.3) is 0 Å². The lowest BCUT2D eigenvalue weighted by Crippen LogP contribution is -2.14. The molecule has 1 N–H and O–H groups in total. The van der Waals surface area contributed by atoms with Gasteiger partial charge in [0.05, 0.1) is 30.5 Å². The summed E-state index contributed by atoms with van der Waals surface area (Å²) < 4.78 is 43.6. The van der Waals surface area contributed by atoms with E-state index < -0.39 is 6.43 Å². The third kappa shape index (κ3) is 5.32. The first-order valence-corrected chi connectivity index (χ1v) is 9.46. The van der Waals surface area contributed by atoms with Gasteiger partial charge in [0.1, 0.15) is 18.1 Å². The van der Waals surface area contributed by atoms with Crippen molar-refractivity contribution < 1.29 is 23.0 Å². The lowest BCUT2D eigenvalue weighted by Gasteiger charge is -2.19. The zero-order valence-corrected chi connectivity index (χ0v) is 17.3. The van der Waals surface area contributed by atoms with Gasteiger partial charge in [0.15, 0.2) is 0 Å². The molecule has 7 heteroatoms. The summed E-state index contributed by atoms with van der Waals surface area (Å²) >= 11 is 5.07. The van der Waals surface area contributed by atoms with Crippen molar-refractivity contribution in [2.45, 2.75) is 40.2 Å². The number of thiocarbonyl (C=S) groups is 1. The Labute approximate surface area is 169 Å². The number of alkyl halides is 2. The highest BCUT2D eigenvalue weighted by atomic mass is 32.1. The van der Waals surface area contributed by atoms with E-state index in [4.69, 9.17) is 26.4 Å². The largest absolute Gasteiger partial charge is 0.493 e. The van der Waals surface area contributed by atoms with E-state index in [9.17, 15) is 8.78 Å². The van der Waals surface area contributed by atoms with Gasteiger partial charge in [-0.25, -0.2) is 8.78 Å². The van der Waals surface area contributed by atoms with Crippen LogP contribution in [0.4, 0.5) is 14.5 Å². The molecule has 0 radical (unpaired) electrons. The minimum Gasteiger partial charge on any atom is -0.493 e. The molecule has 0 bridgehead atoms. The molecule has 28 heavy (non-hydrogen) atoms. The summed E-state index contributed by atoms with van der Waals surface area (Å²) in [5.74, 6) is 0.753. The van der Waals surface area contributed by atoms with Gasteiger partial charge in [0, 0.05) is 0 Å². The number of aryl methyl sites for hydroxylation is 2. The molecular formula is C21H25F2NO3S. The van der Waals surface area contributed by atoms with E-state index in [1.54, 1.807) is 24.3 Å². The SMILES string of the molecule is CCOc1cccc(NC(=S)OC)c1COc1cc(C)c(CC)cc1C(F)F. The van der Waals surface area contributed by atoms with Crippen molar-refractivity contribution in [1.29, 1.82) is 0 Å². The second-order valence-electron chi connectivity index (χ2n) is 6.09. The van der Waals surface area contributed by atoms with E-state index in [-0.39, 0.29) is 23.1 Å². The molecule has 2 aromatic rings. The maximum Gasteiger partial charge on any atom is 0.267 e. The van der Waals surface area contributed by atoms with Gasteiger partial charge in [-0.05, 0) is 67.9 Å². The lowest BCUT2D eigenvalue weighted by molar-refractivity contribution is 0.144. The molecule has 0 fully saturated rings. The summed E-state index contributed by atoms with van der Waals surface area (Å²) in [4.78, 5) is 0. The lowest BCUT2D eigenvalue weighted by atomic mass is 10.0. The third-order valence-electron chi connectivity index (χ3n) is 4.31. The van der Waals surface area contributed by atoms with Crippen molar-refractivity contribution in [2.75, 3.05) is 19.0 Å². The van der Waals surface area contributed by atoms with Crippen molar-refractivity contribution in [3.05, 3.63) is 52.6 Å². The van der Waals surface area contributed by atoms with Crippen molar-refractivity contribution in [3.63, 3.8) is 0 Å². The maximum atomic E-state index is 13.5. The number of benzene rings is 2. The Morgan fingerprint density at radius 3 is 2.50 bits per heavy atom. The van der Waals surface area contributed by atoms with Crippen molar-refractivity contribution in [3.8, 4) is 11.5 Å². The number of rotatable bonds is 8. The quantitative estimate of drug-likeness (QED) is 0.557. The molecule has 0 aliphatic carbocycles. The summed E-state index contributed by atoms with van der Waals surface area (Å²) in [6, 6.07) is 8.58. The van der Waals surface area contributed by atoms with Crippen LogP contribution in [0, 0.1) is 6.92 Å². The van der Waals surface area contributed by atoms with E-state index in [2.05, 4.69) is 5.32 Å². The molecule has 0 amide bonds. The van der Waals surface area contributed by atoms with Crippen molar-refractivity contribution in [1.82, 2.24) is 0 Å². The zero-order chi connectivity index (χ0) is 20.7.